The molecule has 0 radical (unpaired) electrons. The molecule has 1 saturated heterocycles. The van der Waals surface area contributed by atoms with Crippen LogP contribution in [0.2, 0.25) is 0 Å². The lowest BCUT2D eigenvalue weighted by Crippen LogP contribution is -2.49. The second-order valence-corrected chi connectivity index (χ2v) is 9.22. The van der Waals surface area contributed by atoms with Crippen LogP contribution >= 0.6 is 0 Å². The number of nitrogens with one attached hydrogen (secondary N) is 1. The van der Waals surface area contributed by atoms with Crippen molar-refractivity contribution in [3.63, 3.8) is 0 Å². The van der Waals surface area contributed by atoms with E-state index in [0.717, 1.165) is 17.4 Å². The Labute approximate surface area is 211 Å². The summed E-state index contributed by atoms with van der Waals surface area (Å²) < 4.78 is 51.5. The summed E-state index contributed by atoms with van der Waals surface area (Å²) in [5.74, 6) is -1.16. The number of anilines is 2. The third kappa shape index (κ3) is 5.87. The Morgan fingerprint density at radius 3 is 2.62 bits per heavy atom. The highest BCUT2D eigenvalue weighted by Crippen LogP contribution is 2.36. The molecular weight excluding hydrogens is 495 g/mol. The first-order valence-electron chi connectivity index (χ1n) is 11.9. The van der Waals surface area contributed by atoms with Crippen LogP contribution in [0.4, 0.5) is 34.4 Å². The highest BCUT2D eigenvalue weighted by atomic mass is 19.4. The number of carbonyl (C=O) groups is 2. The van der Waals surface area contributed by atoms with Crippen molar-refractivity contribution < 1.29 is 37.3 Å². The van der Waals surface area contributed by atoms with Gasteiger partial charge in [0.1, 0.15) is 6.61 Å². The SMILES string of the molecule is CC(C)[C@H](CO)NC(=O)Oc1cnc(N2CCC(N3C(=O)OCc4ccccc43)CC2)nc1C(F)(F)F. The van der Waals surface area contributed by atoms with Gasteiger partial charge in [0.15, 0.2) is 11.4 Å². The number of aromatic nitrogens is 2. The number of para-hydroxylation sites is 1. The molecule has 13 heteroatoms. The minimum absolute atomic E-state index is 0.157. The minimum atomic E-state index is -4.90. The molecule has 3 heterocycles. The van der Waals surface area contributed by atoms with Crippen molar-refractivity contribution in [1.29, 1.82) is 0 Å². The summed E-state index contributed by atoms with van der Waals surface area (Å²) in [6, 6.07) is 6.54. The predicted octanol–water partition coefficient (Wildman–Crippen LogP) is 3.73. The van der Waals surface area contributed by atoms with E-state index in [4.69, 9.17) is 9.47 Å². The number of aliphatic hydroxyl groups excluding tert-OH is 1. The lowest BCUT2D eigenvalue weighted by atomic mass is 10.0. The maximum Gasteiger partial charge on any atom is 0.437 e. The molecule has 1 aromatic heterocycles. The van der Waals surface area contributed by atoms with Crippen LogP contribution in [-0.4, -0.2) is 59.0 Å². The van der Waals surface area contributed by atoms with Gasteiger partial charge in [-0.25, -0.2) is 19.6 Å². The number of aliphatic hydroxyl groups is 1. The van der Waals surface area contributed by atoms with Gasteiger partial charge in [-0.1, -0.05) is 32.0 Å². The van der Waals surface area contributed by atoms with E-state index >= 15 is 0 Å². The van der Waals surface area contributed by atoms with E-state index in [1.807, 2.05) is 24.3 Å². The predicted molar refractivity (Wildman–Crippen MR) is 126 cm³/mol. The number of alkyl halides is 3. The molecule has 10 nitrogen and oxygen atoms in total. The highest BCUT2D eigenvalue weighted by molar-refractivity contribution is 5.91. The average molecular weight is 524 g/mol. The summed E-state index contributed by atoms with van der Waals surface area (Å²) in [6.07, 6.45) is -4.75. The van der Waals surface area contributed by atoms with E-state index in [1.54, 1.807) is 23.6 Å². The fourth-order valence-electron chi connectivity index (χ4n) is 4.34. The molecule has 4 rings (SSSR count). The molecule has 0 saturated carbocycles. The summed E-state index contributed by atoms with van der Waals surface area (Å²) in [7, 11) is 0. The number of piperidine rings is 1. The number of nitrogens with zero attached hydrogens (tertiary/aromatic N) is 4. The molecule has 2 amide bonds. The normalized spacial score (nSPS) is 17.3. The minimum Gasteiger partial charge on any atom is -0.444 e. The van der Waals surface area contributed by atoms with Crippen LogP contribution in [0.25, 0.3) is 0 Å². The van der Waals surface area contributed by atoms with Gasteiger partial charge < -0.3 is 24.8 Å². The Hall–Kier alpha value is -3.61. The summed E-state index contributed by atoms with van der Waals surface area (Å²) in [4.78, 5) is 35.5. The topological polar surface area (TPSA) is 117 Å². The maximum atomic E-state index is 13.8. The van der Waals surface area contributed by atoms with Gasteiger partial charge in [-0.15, -0.1) is 0 Å². The summed E-state index contributed by atoms with van der Waals surface area (Å²) in [5, 5.41) is 11.7. The van der Waals surface area contributed by atoms with Crippen LogP contribution < -0.4 is 19.9 Å². The third-order valence-corrected chi connectivity index (χ3v) is 6.43. The quantitative estimate of drug-likeness (QED) is 0.589. The molecule has 200 valence electrons. The van der Waals surface area contributed by atoms with Gasteiger partial charge in [0.2, 0.25) is 5.95 Å². The van der Waals surface area contributed by atoms with Crippen LogP contribution in [-0.2, 0) is 17.5 Å². The fourth-order valence-corrected chi connectivity index (χ4v) is 4.34. The van der Waals surface area contributed by atoms with Gasteiger partial charge in [-0.05, 0) is 24.8 Å². The van der Waals surface area contributed by atoms with E-state index in [9.17, 15) is 27.9 Å². The number of rotatable bonds is 6. The molecule has 2 aromatic rings. The summed E-state index contributed by atoms with van der Waals surface area (Å²) in [5.41, 5.74) is 0.280. The number of halogens is 3. The van der Waals surface area contributed by atoms with Crippen molar-refractivity contribution in [3.8, 4) is 5.75 Å². The summed E-state index contributed by atoms with van der Waals surface area (Å²) >= 11 is 0. The number of cyclic esters (lactones) is 1. The Morgan fingerprint density at radius 1 is 1.27 bits per heavy atom. The molecule has 0 spiro atoms. The highest BCUT2D eigenvalue weighted by Gasteiger charge is 2.40. The van der Waals surface area contributed by atoms with Gasteiger partial charge in [0, 0.05) is 24.7 Å². The number of ether oxygens (including phenoxy) is 2. The zero-order chi connectivity index (χ0) is 26.7. The number of fused-ring (bicyclic) bond motifs is 1. The van der Waals surface area contributed by atoms with Gasteiger partial charge in [-0.2, -0.15) is 13.2 Å². The molecule has 37 heavy (non-hydrogen) atoms. The van der Waals surface area contributed by atoms with Crippen LogP contribution in [0.1, 0.15) is 37.9 Å². The van der Waals surface area contributed by atoms with Crippen LogP contribution in [0.5, 0.6) is 5.75 Å². The Balaban J connectivity index is 1.47. The molecule has 2 aliphatic heterocycles. The number of hydrogen-bond acceptors (Lipinski definition) is 8. The molecule has 0 unspecified atom stereocenters. The van der Waals surface area contributed by atoms with E-state index in [-0.39, 0.29) is 24.5 Å². The van der Waals surface area contributed by atoms with Crippen molar-refractivity contribution in [2.75, 3.05) is 29.5 Å². The van der Waals surface area contributed by atoms with Gasteiger partial charge in [0.05, 0.1) is 24.5 Å². The number of hydrogen-bond donors (Lipinski definition) is 2. The van der Waals surface area contributed by atoms with Crippen molar-refractivity contribution in [2.24, 2.45) is 5.92 Å². The largest absolute Gasteiger partial charge is 0.444 e. The zero-order valence-corrected chi connectivity index (χ0v) is 20.4. The standard InChI is InChI=1S/C24H28F3N5O5/c1-14(2)17(12-33)29-22(34)37-19-11-28-21(30-20(19)24(25,26)27)31-9-7-16(8-10-31)32-18-6-4-3-5-15(18)13-36-23(32)35/h3-6,11,14,16-17,33H,7-10,12-13H2,1-2H3,(H,29,34)/t17-/m0/s1. The second kappa shape index (κ2) is 10.8. The lowest BCUT2D eigenvalue weighted by molar-refractivity contribution is -0.142. The lowest BCUT2D eigenvalue weighted by Gasteiger charge is -2.40. The monoisotopic (exact) mass is 523 g/mol. The van der Waals surface area contributed by atoms with Gasteiger partial charge in [0.25, 0.3) is 0 Å². The van der Waals surface area contributed by atoms with Crippen LogP contribution in [0, 0.1) is 5.92 Å². The number of benzene rings is 1. The number of carbonyl (C=O) groups excluding carboxylic acids is 2. The van der Waals surface area contributed by atoms with Gasteiger partial charge in [-0.3, -0.25) is 4.90 Å². The molecule has 1 aromatic carbocycles. The molecular formula is C24H28F3N5O5. The number of amides is 2. The first-order chi connectivity index (χ1) is 17.6. The first kappa shape index (κ1) is 26.5. The molecule has 2 N–H and O–H groups in total. The van der Waals surface area contributed by atoms with Gasteiger partial charge >= 0.3 is 18.4 Å². The fraction of sp³-hybridized carbons (Fsp3) is 0.500. The van der Waals surface area contributed by atoms with E-state index < -0.39 is 42.5 Å². The third-order valence-electron chi connectivity index (χ3n) is 6.43. The van der Waals surface area contributed by atoms with E-state index in [0.29, 0.717) is 25.9 Å². The second-order valence-electron chi connectivity index (χ2n) is 9.22. The smallest absolute Gasteiger partial charge is 0.437 e. The maximum absolute atomic E-state index is 13.8. The molecule has 1 fully saturated rings. The summed E-state index contributed by atoms with van der Waals surface area (Å²) in [6.45, 7) is 3.88. The van der Waals surface area contributed by atoms with Crippen molar-refractivity contribution in [3.05, 3.63) is 41.7 Å². The van der Waals surface area contributed by atoms with Crippen molar-refractivity contribution in [1.82, 2.24) is 15.3 Å². The molecule has 1 atom stereocenters. The van der Waals surface area contributed by atoms with Crippen molar-refractivity contribution >= 4 is 23.8 Å². The van der Waals surface area contributed by atoms with Crippen LogP contribution in [0.15, 0.2) is 30.5 Å². The zero-order valence-electron chi connectivity index (χ0n) is 20.4. The Bertz CT molecular complexity index is 1140. The molecule has 0 bridgehead atoms. The van der Waals surface area contributed by atoms with E-state index in [2.05, 4.69) is 15.3 Å². The average Bonchev–Trinajstić information content (AvgIpc) is 2.87. The van der Waals surface area contributed by atoms with E-state index in [1.165, 1.54) is 0 Å². The molecule has 0 aliphatic carbocycles. The van der Waals surface area contributed by atoms with Crippen molar-refractivity contribution in [2.45, 2.75) is 51.6 Å². The first-order valence-corrected chi connectivity index (χ1v) is 11.9. The molecule has 2 aliphatic rings. The Morgan fingerprint density at radius 2 is 1.97 bits per heavy atom. The van der Waals surface area contributed by atoms with Crippen LogP contribution in [0.3, 0.4) is 0 Å². The Kier molecular flexibility index (Phi) is 7.71.